The molecule has 0 saturated heterocycles. The zero-order chi connectivity index (χ0) is 37.4. The highest BCUT2D eigenvalue weighted by molar-refractivity contribution is 7.83. The van der Waals surface area contributed by atoms with Crippen LogP contribution < -0.4 is 21.2 Å². The van der Waals surface area contributed by atoms with Gasteiger partial charge >= 0.3 is 0 Å². The molecule has 0 atom stereocenters. The molecule has 272 valence electrons. The Morgan fingerprint density at radius 3 is 0.855 bits per heavy atom. The molecule has 3 nitrogen and oxygen atoms in total. The van der Waals surface area contributed by atoms with Gasteiger partial charge in [0, 0.05) is 41.9 Å². The topological polar surface area (TPSA) is 65.6 Å². The van der Waals surface area contributed by atoms with Gasteiger partial charge in [-0.2, -0.15) is 0 Å². The normalized spacial score (nSPS) is 18.5. The average Bonchev–Trinajstić information content (AvgIpc) is 3.22. The maximum atomic E-state index is 14.6. The number of rotatable bonds is 6. The highest BCUT2D eigenvalue weighted by Gasteiger charge is 2.32. The Balaban J connectivity index is 0.000000184. The molecule has 6 aromatic carbocycles. The van der Waals surface area contributed by atoms with E-state index in [2.05, 4.69) is 0 Å². The molecule has 0 heterocycles. The Kier molecular flexibility index (Phi) is 12.9. The van der Waals surface area contributed by atoms with Crippen LogP contribution in [0, 0.1) is 0 Å². The summed E-state index contributed by atoms with van der Waals surface area (Å²) in [6.45, 7) is 0. The predicted molar refractivity (Wildman–Crippen MR) is 238 cm³/mol. The monoisotopic (exact) mass is 794 g/mol. The van der Waals surface area contributed by atoms with E-state index in [4.69, 9.17) is 23.2 Å². The van der Waals surface area contributed by atoms with Gasteiger partial charge in [-0.25, -0.2) is 0 Å². The summed E-state index contributed by atoms with van der Waals surface area (Å²) >= 11 is 12.9. The molecule has 0 bridgehead atoms. The van der Waals surface area contributed by atoms with Gasteiger partial charge in [0.05, 0.1) is 0 Å². The van der Waals surface area contributed by atoms with Crippen molar-refractivity contribution in [2.45, 2.75) is 0 Å². The minimum absolute atomic E-state index is 0. The van der Waals surface area contributed by atoms with Crippen LogP contribution in [0.5, 0.6) is 0 Å². The van der Waals surface area contributed by atoms with Gasteiger partial charge in [0.2, 0.25) is 0 Å². The molecule has 0 amide bonds. The molecule has 55 heavy (non-hydrogen) atoms. The maximum Gasteiger partial charge on any atom is 0.171 e. The van der Waals surface area contributed by atoms with Crippen LogP contribution in [0.15, 0.2) is 215 Å². The van der Waals surface area contributed by atoms with Crippen molar-refractivity contribution >= 4 is 83.0 Å². The first kappa shape index (κ1) is 39.5. The quantitative estimate of drug-likeness (QED) is 0.158. The zero-order valence-electron chi connectivity index (χ0n) is 29.8. The van der Waals surface area contributed by atoms with E-state index >= 15 is 0 Å². The van der Waals surface area contributed by atoms with E-state index in [0.29, 0.717) is 10.1 Å². The fraction of sp³-hybridized carbons (Fsp3) is 0. The molecule has 2 aliphatic carbocycles. The van der Waals surface area contributed by atoms with Crippen molar-refractivity contribution in [2.24, 2.45) is 0 Å². The Hall–Kier alpha value is -5.24. The van der Waals surface area contributed by atoms with Crippen molar-refractivity contribution in [3.8, 4) is 0 Å². The van der Waals surface area contributed by atoms with Gasteiger partial charge in [-0.3, -0.25) is 0 Å². The second-order valence-corrected chi connectivity index (χ2v) is 19.1. The number of hydrogen-bond donors (Lipinski definition) is 0. The third kappa shape index (κ3) is 8.69. The molecule has 0 spiro atoms. The minimum atomic E-state index is -3.07. The average molecular weight is 796 g/mol. The van der Waals surface area contributed by atoms with E-state index in [-0.39, 0.29) is 5.48 Å². The van der Waals surface area contributed by atoms with E-state index in [0.717, 1.165) is 54.1 Å². The molecule has 6 aromatic rings. The molecule has 0 unspecified atom stereocenters. The molecule has 0 radical (unpaired) electrons. The molecule has 2 N–H and O–H groups in total. The van der Waals surface area contributed by atoms with Crippen molar-refractivity contribution in [1.82, 2.24) is 0 Å². The molecule has 2 aliphatic rings. The van der Waals surface area contributed by atoms with Crippen LogP contribution in [0.4, 0.5) is 0 Å². The molecule has 7 heteroatoms. The second kappa shape index (κ2) is 17.9. The maximum absolute atomic E-state index is 14.6. The van der Waals surface area contributed by atoms with Crippen molar-refractivity contribution in [2.75, 3.05) is 0 Å². The molecular weight excluding hydrogens is 757 g/mol. The number of benzene rings is 6. The lowest BCUT2D eigenvalue weighted by Crippen LogP contribution is -2.17. The summed E-state index contributed by atoms with van der Waals surface area (Å²) in [5, 5.41) is 5.75. The summed E-state index contributed by atoms with van der Waals surface area (Å²) in [4.78, 5) is 0. The highest BCUT2D eigenvalue weighted by Crippen LogP contribution is 2.55. The standard InChI is InChI=1S/2C24H18ClOP.H2O/c2*25-21-16-15-19-9-7-8-10-20(19)17-24(18-21)27(26,22-11-3-1-4-12-22)23-13-5-2-6-14-23;/h2*1-18H;1H2/b2*16-15+,19-15?,20-17?,21-16?,21-18+,24-17+,24-18?;. The summed E-state index contributed by atoms with van der Waals surface area (Å²) < 4.78 is 29.2. The fourth-order valence-corrected chi connectivity index (χ4v) is 12.5. The summed E-state index contributed by atoms with van der Waals surface area (Å²) in [5.74, 6) is 0. The van der Waals surface area contributed by atoms with Crippen LogP contribution in [-0.2, 0) is 9.13 Å². The SMILES string of the molecule is O.O=P(C1=C/c2ccccc2/C=C/C(Cl)=C\1)(c1ccccc1)c1ccccc1.O=P(C1=C/c2ccccc2/C=C/C(Cl)=C\1)(c1ccccc1)c1ccccc1. The number of fused-ring (bicyclic) bond motifs is 2. The van der Waals surface area contributed by atoms with Gasteiger partial charge in [0.1, 0.15) is 0 Å². The molecule has 8 rings (SSSR count). The van der Waals surface area contributed by atoms with E-state index in [1.165, 1.54) is 0 Å². The van der Waals surface area contributed by atoms with Gasteiger partial charge in [0.25, 0.3) is 0 Å². The van der Waals surface area contributed by atoms with Crippen LogP contribution in [-0.4, -0.2) is 5.48 Å². The van der Waals surface area contributed by atoms with Crippen molar-refractivity contribution < 1.29 is 14.6 Å². The van der Waals surface area contributed by atoms with Crippen LogP contribution in [0.3, 0.4) is 0 Å². The number of halogens is 2. The fourth-order valence-electron chi connectivity index (χ4n) is 6.52. The molecular formula is C48H38Cl2O3P2. The molecule has 0 saturated carbocycles. The van der Waals surface area contributed by atoms with Crippen LogP contribution in [0.1, 0.15) is 22.3 Å². The van der Waals surface area contributed by atoms with E-state index < -0.39 is 14.3 Å². The first-order chi connectivity index (χ1) is 26.4. The van der Waals surface area contributed by atoms with E-state index in [1.807, 2.05) is 218 Å². The molecule has 0 aromatic heterocycles. The highest BCUT2D eigenvalue weighted by atomic mass is 35.5. The first-order valence-electron chi connectivity index (χ1n) is 17.5. The van der Waals surface area contributed by atoms with E-state index in [1.54, 1.807) is 0 Å². The van der Waals surface area contributed by atoms with E-state index in [9.17, 15) is 9.13 Å². The van der Waals surface area contributed by atoms with Crippen molar-refractivity contribution in [3.63, 3.8) is 0 Å². The second-order valence-electron chi connectivity index (χ2n) is 12.7. The minimum Gasteiger partial charge on any atom is -0.412 e. The lowest BCUT2D eigenvalue weighted by Gasteiger charge is -2.22. The molecule has 0 aliphatic heterocycles. The van der Waals surface area contributed by atoms with Crippen LogP contribution in [0.2, 0.25) is 0 Å². The Labute approximate surface area is 333 Å². The Morgan fingerprint density at radius 2 is 0.564 bits per heavy atom. The van der Waals surface area contributed by atoms with Crippen molar-refractivity contribution in [1.29, 1.82) is 0 Å². The van der Waals surface area contributed by atoms with Gasteiger partial charge in [0.15, 0.2) is 14.3 Å². The smallest absolute Gasteiger partial charge is 0.171 e. The van der Waals surface area contributed by atoms with Gasteiger partial charge in [-0.1, -0.05) is 205 Å². The number of allylic oxidation sites excluding steroid dienone is 8. The summed E-state index contributed by atoms with van der Waals surface area (Å²) in [5.41, 5.74) is 4.15. The summed E-state index contributed by atoms with van der Waals surface area (Å²) in [6.07, 6.45) is 15.3. The summed E-state index contributed by atoms with van der Waals surface area (Å²) in [6, 6.07) is 54.7. The van der Waals surface area contributed by atoms with Gasteiger partial charge in [-0.05, 0) is 58.7 Å². The summed E-state index contributed by atoms with van der Waals surface area (Å²) in [7, 11) is -6.15. The third-order valence-corrected chi connectivity index (χ3v) is 15.8. The lowest BCUT2D eigenvalue weighted by molar-refractivity contribution is 0.590. The number of hydrogen-bond acceptors (Lipinski definition) is 2. The van der Waals surface area contributed by atoms with Gasteiger partial charge in [-0.15, -0.1) is 0 Å². The molecule has 0 fully saturated rings. The van der Waals surface area contributed by atoms with Crippen LogP contribution in [0.25, 0.3) is 24.3 Å². The third-order valence-electron chi connectivity index (χ3n) is 9.22. The Morgan fingerprint density at radius 1 is 0.309 bits per heavy atom. The Bertz CT molecular complexity index is 2290. The first-order valence-corrected chi connectivity index (χ1v) is 21.7. The van der Waals surface area contributed by atoms with Crippen molar-refractivity contribution in [3.05, 3.63) is 237 Å². The lowest BCUT2D eigenvalue weighted by atomic mass is 10.1. The largest absolute Gasteiger partial charge is 0.412 e. The van der Waals surface area contributed by atoms with Crippen LogP contribution >= 0.6 is 37.5 Å². The predicted octanol–water partition coefficient (Wildman–Crippen LogP) is 11.6. The van der Waals surface area contributed by atoms with Gasteiger partial charge < -0.3 is 14.6 Å². The zero-order valence-corrected chi connectivity index (χ0v) is 33.1.